The predicted molar refractivity (Wildman–Crippen MR) is 84.8 cm³/mol. The number of nitrogen functional groups attached to an aromatic ring is 1. The maximum absolute atomic E-state index is 6.42. The Morgan fingerprint density at radius 1 is 1.25 bits per heavy atom. The summed E-state index contributed by atoms with van der Waals surface area (Å²) in [5, 5.41) is 0. The van der Waals surface area contributed by atoms with Gasteiger partial charge in [-0.2, -0.15) is 0 Å². The molecule has 0 spiro atoms. The Bertz CT molecular complexity index is 681. The van der Waals surface area contributed by atoms with Crippen molar-refractivity contribution in [3.63, 3.8) is 0 Å². The summed E-state index contributed by atoms with van der Waals surface area (Å²) in [7, 11) is 0. The fourth-order valence-corrected chi connectivity index (χ4v) is 3.14. The molecule has 0 bridgehead atoms. The first-order valence-corrected chi connectivity index (χ1v) is 8.08. The fraction of sp³-hybridized carbons (Fsp3) is 0.438. The minimum atomic E-state index is 0.598. The van der Waals surface area contributed by atoms with Crippen LogP contribution in [0.15, 0.2) is 22.7 Å². The average Bonchev–Trinajstić information content (AvgIpc) is 3.32. The van der Waals surface area contributed by atoms with Crippen molar-refractivity contribution in [3.8, 4) is 11.3 Å². The summed E-state index contributed by atoms with van der Waals surface area (Å²) in [6.45, 7) is 2.09. The van der Waals surface area contributed by atoms with E-state index in [-0.39, 0.29) is 0 Å². The number of hydrogen-bond acceptors (Lipinski definition) is 2. The molecule has 0 unspecified atom stereocenters. The highest BCUT2D eigenvalue weighted by atomic mass is 79.9. The minimum absolute atomic E-state index is 0.598. The molecule has 2 aromatic rings. The molecule has 3 nitrogen and oxygen atoms in total. The van der Waals surface area contributed by atoms with Crippen LogP contribution in [-0.4, -0.2) is 9.55 Å². The largest absolute Gasteiger partial charge is 0.383 e. The Kier molecular flexibility index (Phi) is 2.71. The van der Waals surface area contributed by atoms with Gasteiger partial charge in [0.15, 0.2) is 0 Å². The molecule has 1 aromatic carbocycles. The number of imidazole rings is 1. The number of aryl methyl sites for hydroxylation is 1. The number of nitrogens with zero attached hydrogens (tertiary/aromatic N) is 2. The molecule has 2 fully saturated rings. The van der Waals surface area contributed by atoms with Gasteiger partial charge in [-0.15, -0.1) is 0 Å². The lowest BCUT2D eigenvalue weighted by Gasteiger charge is -2.07. The first-order valence-electron chi connectivity index (χ1n) is 7.29. The summed E-state index contributed by atoms with van der Waals surface area (Å²) < 4.78 is 3.42. The van der Waals surface area contributed by atoms with Crippen molar-refractivity contribution in [2.75, 3.05) is 5.73 Å². The second-order valence-corrected chi connectivity index (χ2v) is 6.90. The van der Waals surface area contributed by atoms with Gasteiger partial charge in [0.2, 0.25) is 0 Å². The van der Waals surface area contributed by atoms with Gasteiger partial charge in [-0.1, -0.05) is 28.1 Å². The number of anilines is 1. The van der Waals surface area contributed by atoms with Crippen molar-refractivity contribution in [1.82, 2.24) is 9.55 Å². The Morgan fingerprint density at radius 2 is 2.00 bits per heavy atom. The third-order valence-corrected chi connectivity index (χ3v) is 5.13. The van der Waals surface area contributed by atoms with Crippen molar-refractivity contribution in [3.05, 3.63) is 34.1 Å². The first-order chi connectivity index (χ1) is 9.65. The van der Waals surface area contributed by atoms with E-state index in [0.29, 0.717) is 12.0 Å². The number of nitrogens with two attached hydrogens (primary N) is 1. The van der Waals surface area contributed by atoms with Crippen LogP contribution >= 0.6 is 15.9 Å². The number of benzene rings is 1. The van der Waals surface area contributed by atoms with E-state index in [0.717, 1.165) is 21.5 Å². The fourth-order valence-electron chi connectivity index (χ4n) is 2.76. The molecule has 4 heteroatoms. The van der Waals surface area contributed by atoms with Crippen LogP contribution in [0, 0.1) is 6.92 Å². The summed E-state index contributed by atoms with van der Waals surface area (Å²) in [6.07, 6.45) is 5.02. The van der Waals surface area contributed by atoms with Gasteiger partial charge in [0.05, 0.1) is 0 Å². The van der Waals surface area contributed by atoms with E-state index < -0.39 is 0 Å². The normalized spacial score (nSPS) is 18.5. The molecule has 1 aromatic heterocycles. The van der Waals surface area contributed by atoms with Crippen molar-refractivity contribution >= 4 is 21.7 Å². The molecule has 0 aliphatic heterocycles. The van der Waals surface area contributed by atoms with Gasteiger partial charge in [-0.25, -0.2) is 4.98 Å². The molecule has 0 radical (unpaired) electrons. The van der Waals surface area contributed by atoms with Crippen molar-refractivity contribution in [2.24, 2.45) is 0 Å². The predicted octanol–water partition coefficient (Wildman–Crippen LogP) is 4.42. The summed E-state index contributed by atoms with van der Waals surface area (Å²) in [5.41, 5.74) is 9.72. The lowest BCUT2D eigenvalue weighted by atomic mass is 10.1. The van der Waals surface area contributed by atoms with Gasteiger partial charge in [0.25, 0.3) is 0 Å². The van der Waals surface area contributed by atoms with Gasteiger partial charge in [-0.05, 0) is 44.2 Å². The smallest absolute Gasteiger partial charge is 0.132 e. The second kappa shape index (κ2) is 4.35. The van der Waals surface area contributed by atoms with Gasteiger partial charge in [0, 0.05) is 22.0 Å². The number of rotatable bonds is 3. The molecule has 2 aliphatic carbocycles. The summed E-state index contributed by atoms with van der Waals surface area (Å²) in [6, 6.07) is 6.96. The summed E-state index contributed by atoms with van der Waals surface area (Å²) in [5.74, 6) is 2.71. The molecule has 2 saturated carbocycles. The molecule has 20 heavy (non-hydrogen) atoms. The molecule has 2 aliphatic rings. The number of aromatic nitrogens is 2. The molecular weight excluding hydrogens is 314 g/mol. The van der Waals surface area contributed by atoms with E-state index in [2.05, 4.69) is 45.6 Å². The zero-order valence-electron chi connectivity index (χ0n) is 11.6. The summed E-state index contributed by atoms with van der Waals surface area (Å²) in [4.78, 5) is 4.89. The molecule has 1 heterocycles. The third kappa shape index (κ3) is 1.97. The molecule has 104 valence electrons. The van der Waals surface area contributed by atoms with Gasteiger partial charge >= 0.3 is 0 Å². The Labute approximate surface area is 127 Å². The van der Waals surface area contributed by atoms with Crippen LogP contribution < -0.4 is 5.73 Å². The van der Waals surface area contributed by atoms with Crippen LogP contribution in [0.3, 0.4) is 0 Å². The minimum Gasteiger partial charge on any atom is -0.383 e. The highest BCUT2D eigenvalue weighted by Gasteiger charge is 2.36. The zero-order chi connectivity index (χ0) is 13.9. The van der Waals surface area contributed by atoms with E-state index in [1.165, 1.54) is 37.1 Å². The SMILES string of the molecule is Cc1ccc(-c2nc(C3CC3)n(C3CC3)c2N)cc1Br. The lowest BCUT2D eigenvalue weighted by Crippen LogP contribution is -2.04. The average molecular weight is 332 g/mol. The van der Waals surface area contributed by atoms with Crippen LogP contribution in [-0.2, 0) is 0 Å². The van der Waals surface area contributed by atoms with E-state index in [9.17, 15) is 0 Å². The Morgan fingerprint density at radius 3 is 2.60 bits per heavy atom. The second-order valence-electron chi connectivity index (χ2n) is 6.04. The Balaban J connectivity index is 1.84. The molecule has 0 amide bonds. The van der Waals surface area contributed by atoms with Crippen molar-refractivity contribution in [1.29, 1.82) is 0 Å². The standard InChI is InChI=1S/C16H18BrN3/c1-9-2-3-11(8-13(9)17)14-15(18)20(12-6-7-12)16(19-14)10-4-5-10/h2-3,8,10,12H,4-7,18H2,1H3. The van der Waals surface area contributed by atoms with Crippen LogP contribution in [0.1, 0.15) is 49.0 Å². The van der Waals surface area contributed by atoms with Gasteiger partial charge in [-0.3, -0.25) is 0 Å². The van der Waals surface area contributed by atoms with Crippen molar-refractivity contribution in [2.45, 2.75) is 44.6 Å². The maximum atomic E-state index is 6.42. The van der Waals surface area contributed by atoms with Crippen LogP contribution in [0.25, 0.3) is 11.3 Å². The lowest BCUT2D eigenvalue weighted by molar-refractivity contribution is 0.691. The number of hydrogen-bond donors (Lipinski definition) is 1. The molecule has 2 N–H and O–H groups in total. The van der Waals surface area contributed by atoms with Gasteiger partial charge in [0.1, 0.15) is 17.3 Å². The molecular formula is C16H18BrN3. The highest BCUT2D eigenvalue weighted by Crippen LogP contribution is 2.48. The van der Waals surface area contributed by atoms with E-state index in [1.807, 2.05) is 0 Å². The van der Waals surface area contributed by atoms with Crippen LogP contribution in [0.2, 0.25) is 0 Å². The first kappa shape index (κ1) is 12.5. The Hall–Kier alpha value is -1.29. The van der Waals surface area contributed by atoms with E-state index in [1.54, 1.807) is 0 Å². The highest BCUT2D eigenvalue weighted by molar-refractivity contribution is 9.10. The quantitative estimate of drug-likeness (QED) is 0.904. The van der Waals surface area contributed by atoms with E-state index in [4.69, 9.17) is 10.7 Å². The van der Waals surface area contributed by atoms with Crippen molar-refractivity contribution < 1.29 is 0 Å². The van der Waals surface area contributed by atoms with E-state index >= 15 is 0 Å². The van der Waals surface area contributed by atoms with Crippen LogP contribution in [0.5, 0.6) is 0 Å². The topological polar surface area (TPSA) is 43.8 Å². The summed E-state index contributed by atoms with van der Waals surface area (Å²) >= 11 is 3.60. The van der Waals surface area contributed by atoms with Crippen LogP contribution in [0.4, 0.5) is 5.82 Å². The number of halogens is 1. The monoisotopic (exact) mass is 331 g/mol. The van der Waals surface area contributed by atoms with Gasteiger partial charge < -0.3 is 10.3 Å². The third-order valence-electron chi connectivity index (χ3n) is 4.28. The molecule has 0 atom stereocenters. The maximum Gasteiger partial charge on any atom is 0.132 e. The molecule has 0 saturated heterocycles. The zero-order valence-corrected chi connectivity index (χ0v) is 13.2. The molecule has 4 rings (SSSR count).